The van der Waals surface area contributed by atoms with Crippen molar-refractivity contribution in [2.75, 3.05) is 0 Å². The Balaban J connectivity index is 1.70. The minimum Gasteiger partial charge on any atom is -0.480 e. The lowest BCUT2D eigenvalue weighted by atomic mass is 9.85. The molecule has 3 atom stereocenters. The van der Waals surface area contributed by atoms with Crippen LogP contribution in [0.2, 0.25) is 0 Å². The SMILES string of the molecule is CC(C)(C)c1ccc(CC(=O)NC2(C)C(=O)N3[C@@H](C(=O)O)C(C)(C)S[C@@H]32)cc1. The van der Waals surface area contributed by atoms with Crippen molar-refractivity contribution in [2.45, 2.75) is 75.1 Å². The molecule has 0 spiro atoms. The molecule has 1 aromatic rings. The Morgan fingerprint density at radius 3 is 2.25 bits per heavy atom. The van der Waals surface area contributed by atoms with Crippen LogP contribution in [0.3, 0.4) is 0 Å². The van der Waals surface area contributed by atoms with Gasteiger partial charge in [0.2, 0.25) is 5.91 Å². The molecule has 6 nitrogen and oxygen atoms in total. The molecule has 0 saturated carbocycles. The van der Waals surface area contributed by atoms with Crippen molar-refractivity contribution in [3.63, 3.8) is 0 Å². The summed E-state index contributed by atoms with van der Waals surface area (Å²) < 4.78 is -0.614. The number of carbonyl (C=O) groups excluding carboxylic acids is 2. The fraction of sp³-hybridized carbons (Fsp3) is 0.571. The second kappa shape index (κ2) is 6.51. The van der Waals surface area contributed by atoms with Crippen molar-refractivity contribution in [2.24, 2.45) is 0 Å². The van der Waals surface area contributed by atoms with Gasteiger partial charge in [0.1, 0.15) is 17.0 Å². The van der Waals surface area contributed by atoms with Crippen LogP contribution in [-0.2, 0) is 26.2 Å². The number of carboxylic acids is 1. The quantitative estimate of drug-likeness (QED) is 0.753. The number of aliphatic carboxylic acids is 1. The van der Waals surface area contributed by atoms with Crippen LogP contribution in [0.25, 0.3) is 0 Å². The van der Waals surface area contributed by atoms with Crippen molar-refractivity contribution in [3.8, 4) is 0 Å². The van der Waals surface area contributed by atoms with Crippen LogP contribution in [0.15, 0.2) is 24.3 Å². The van der Waals surface area contributed by atoms with Gasteiger partial charge in [-0.2, -0.15) is 0 Å². The number of β-lactam (4-membered cyclic amide) rings is 1. The first kappa shape index (κ1) is 20.7. The van der Waals surface area contributed by atoms with E-state index in [4.69, 9.17) is 0 Å². The molecule has 0 aliphatic carbocycles. The third kappa shape index (κ3) is 3.30. The number of nitrogens with one attached hydrogen (secondary N) is 1. The molecule has 0 aromatic heterocycles. The molecule has 7 heteroatoms. The van der Waals surface area contributed by atoms with Crippen LogP contribution in [-0.4, -0.2) is 49.5 Å². The molecular formula is C21H28N2O4S. The van der Waals surface area contributed by atoms with Gasteiger partial charge >= 0.3 is 5.97 Å². The van der Waals surface area contributed by atoms with E-state index in [1.807, 2.05) is 38.1 Å². The van der Waals surface area contributed by atoms with Crippen molar-refractivity contribution < 1.29 is 19.5 Å². The van der Waals surface area contributed by atoms with Gasteiger partial charge in [-0.05, 0) is 37.3 Å². The molecule has 3 rings (SSSR count). The Bertz CT molecular complexity index is 828. The van der Waals surface area contributed by atoms with Crippen molar-refractivity contribution in [3.05, 3.63) is 35.4 Å². The van der Waals surface area contributed by atoms with Crippen LogP contribution >= 0.6 is 11.8 Å². The molecule has 0 bridgehead atoms. The first-order valence-corrected chi connectivity index (χ1v) is 10.3. The Morgan fingerprint density at radius 1 is 1.18 bits per heavy atom. The van der Waals surface area contributed by atoms with E-state index < -0.39 is 22.3 Å². The molecular weight excluding hydrogens is 376 g/mol. The molecule has 2 heterocycles. The van der Waals surface area contributed by atoms with Crippen molar-refractivity contribution in [1.82, 2.24) is 10.2 Å². The number of nitrogens with zero attached hydrogens (tertiary/aromatic N) is 1. The van der Waals surface area contributed by atoms with E-state index in [9.17, 15) is 19.5 Å². The smallest absolute Gasteiger partial charge is 0.327 e. The maximum absolute atomic E-state index is 12.7. The number of carboxylic acid groups (broad SMARTS) is 1. The third-order valence-corrected chi connectivity index (χ3v) is 7.35. The van der Waals surface area contributed by atoms with Crippen LogP contribution in [0.4, 0.5) is 0 Å². The zero-order valence-corrected chi connectivity index (χ0v) is 18.0. The van der Waals surface area contributed by atoms with Gasteiger partial charge in [-0.1, -0.05) is 45.0 Å². The molecule has 28 heavy (non-hydrogen) atoms. The molecule has 2 fully saturated rings. The Labute approximate surface area is 170 Å². The van der Waals surface area contributed by atoms with E-state index in [-0.39, 0.29) is 29.0 Å². The highest BCUT2D eigenvalue weighted by atomic mass is 32.2. The highest BCUT2D eigenvalue weighted by Crippen LogP contribution is 2.54. The average molecular weight is 405 g/mol. The fourth-order valence-electron chi connectivity index (χ4n) is 3.98. The van der Waals surface area contributed by atoms with Crippen LogP contribution < -0.4 is 5.32 Å². The zero-order valence-electron chi connectivity index (χ0n) is 17.2. The third-order valence-electron chi connectivity index (χ3n) is 5.60. The summed E-state index contributed by atoms with van der Waals surface area (Å²) in [4.78, 5) is 38.4. The number of thioether (sulfide) groups is 1. The molecule has 0 radical (unpaired) electrons. The molecule has 2 saturated heterocycles. The Morgan fingerprint density at radius 2 is 1.75 bits per heavy atom. The first-order chi connectivity index (χ1) is 12.8. The van der Waals surface area contributed by atoms with Gasteiger partial charge in [0, 0.05) is 4.75 Å². The molecule has 2 amide bonds. The van der Waals surface area contributed by atoms with Crippen LogP contribution in [0.1, 0.15) is 52.7 Å². The summed E-state index contributed by atoms with van der Waals surface area (Å²) in [5.74, 6) is -1.59. The lowest BCUT2D eigenvalue weighted by molar-refractivity contribution is -0.167. The van der Waals surface area contributed by atoms with E-state index in [1.165, 1.54) is 22.2 Å². The number of hydrogen-bond donors (Lipinski definition) is 2. The van der Waals surface area contributed by atoms with E-state index in [0.29, 0.717) is 0 Å². The predicted octanol–water partition coefficient (Wildman–Crippen LogP) is 2.55. The summed E-state index contributed by atoms with van der Waals surface area (Å²) in [7, 11) is 0. The van der Waals surface area contributed by atoms with Gasteiger partial charge in [-0.25, -0.2) is 4.79 Å². The summed E-state index contributed by atoms with van der Waals surface area (Å²) in [6.45, 7) is 11.7. The molecule has 2 aliphatic rings. The van der Waals surface area contributed by atoms with Gasteiger partial charge in [-0.15, -0.1) is 11.8 Å². The Hall–Kier alpha value is -2.02. The first-order valence-electron chi connectivity index (χ1n) is 9.41. The van der Waals surface area contributed by atoms with Gasteiger partial charge in [0.15, 0.2) is 0 Å². The van der Waals surface area contributed by atoms with Gasteiger partial charge in [-0.3, -0.25) is 9.59 Å². The van der Waals surface area contributed by atoms with Gasteiger partial charge in [0.25, 0.3) is 5.91 Å². The zero-order chi connectivity index (χ0) is 21.1. The number of rotatable bonds is 4. The maximum Gasteiger partial charge on any atom is 0.327 e. The summed E-state index contributed by atoms with van der Waals surface area (Å²) in [6, 6.07) is 7.03. The van der Waals surface area contributed by atoms with E-state index >= 15 is 0 Å². The predicted molar refractivity (Wildman–Crippen MR) is 109 cm³/mol. The van der Waals surface area contributed by atoms with Crippen LogP contribution in [0.5, 0.6) is 0 Å². The molecule has 152 valence electrons. The highest BCUT2D eigenvalue weighted by Gasteiger charge is 2.69. The minimum absolute atomic E-state index is 0.0449. The summed E-state index contributed by atoms with van der Waals surface area (Å²) in [5, 5.41) is 12.0. The highest BCUT2D eigenvalue weighted by molar-refractivity contribution is 8.01. The summed E-state index contributed by atoms with van der Waals surface area (Å²) >= 11 is 1.43. The van der Waals surface area contributed by atoms with Crippen LogP contribution in [0, 0.1) is 0 Å². The van der Waals surface area contributed by atoms with Gasteiger partial charge in [0.05, 0.1) is 6.42 Å². The number of amides is 2. The Kier molecular flexibility index (Phi) is 4.81. The van der Waals surface area contributed by atoms with E-state index in [2.05, 4.69) is 26.1 Å². The average Bonchev–Trinajstić information content (AvgIpc) is 2.84. The second-order valence-corrected chi connectivity index (χ2v) is 11.1. The summed E-state index contributed by atoms with van der Waals surface area (Å²) in [6.07, 6.45) is 0.177. The maximum atomic E-state index is 12.7. The molecule has 2 aliphatic heterocycles. The minimum atomic E-state index is -1.07. The number of hydrogen-bond acceptors (Lipinski definition) is 4. The molecule has 1 unspecified atom stereocenters. The number of carbonyl (C=O) groups is 3. The normalized spacial score (nSPS) is 28.5. The molecule has 2 N–H and O–H groups in total. The lowest BCUT2D eigenvalue weighted by Crippen LogP contribution is -2.78. The number of fused-ring (bicyclic) bond motifs is 1. The van der Waals surface area contributed by atoms with Crippen molar-refractivity contribution >= 4 is 29.5 Å². The second-order valence-electron chi connectivity index (χ2n) is 9.40. The van der Waals surface area contributed by atoms with E-state index in [0.717, 1.165) is 5.56 Å². The topological polar surface area (TPSA) is 86.7 Å². The van der Waals surface area contributed by atoms with E-state index in [1.54, 1.807) is 6.92 Å². The molecule has 1 aromatic carbocycles. The number of benzene rings is 1. The van der Waals surface area contributed by atoms with Crippen molar-refractivity contribution in [1.29, 1.82) is 0 Å². The standard InChI is InChI=1S/C21H28N2O4S/c1-19(2,3)13-9-7-12(8-10-13)11-14(24)22-21(6)17(27)23-15(16(25)26)20(4,5)28-18(21)23/h7-10,15,18H,11H2,1-6H3,(H,22,24)(H,25,26)/t15-,18+,21?/m0/s1. The lowest BCUT2D eigenvalue weighted by Gasteiger charge is -2.51. The fourth-order valence-corrected chi connectivity index (χ4v) is 5.63. The van der Waals surface area contributed by atoms with Gasteiger partial charge < -0.3 is 15.3 Å². The largest absolute Gasteiger partial charge is 0.480 e. The summed E-state index contributed by atoms with van der Waals surface area (Å²) in [5.41, 5.74) is 1.04. The monoisotopic (exact) mass is 404 g/mol.